The van der Waals surface area contributed by atoms with Gasteiger partial charge >= 0.3 is 0 Å². The van der Waals surface area contributed by atoms with E-state index in [-0.39, 0.29) is 0 Å². The molecule has 3 rings (SSSR count). The van der Waals surface area contributed by atoms with Gasteiger partial charge in [0.2, 0.25) is 0 Å². The van der Waals surface area contributed by atoms with E-state index in [0.29, 0.717) is 0 Å². The van der Waals surface area contributed by atoms with Crippen LogP contribution in [0, 0.1) is 0 Å². The van der Waals surface area contributed by atoms with Crippen LogP contribution in [0.4, 0.5) is 0 Å². The summed E-state index contributed by atoms with van der Waals surface area (Å²) < 4.78 is 2.07. The van der Waals surface area contributed by atoms with Crippen LogP contribution in [-0.4, -0.2) is 40.3 Å². The number of rotatable bonds is 5. The first-order valence-corrected chi connectivity index (χ1v) is 7.74. The van der Waals surface area contributed by atoms with Gasteiger partial charge in [-0.05, 0) is 45.3 Å². The highest BCUT2D eigenvalue weighted by Crippen LogP contribution is 2.28. The fourth-order valence-corrected chi connectivity index (χ4v) is 2.68. The Morgan fingerprint density at radius 1 is 1.14 bits per heavy atom. The van der Waals surface area contributed by atoms with Gasteiger partial charge in [0, 0.05) is 34.9 Å². The second-order valence-electron chi connectivity index (χ2n) is 5.63. The zero-order chi connectivity index (χ0) is 15.5. The lowest BCUT2D eigenvalue weighted by atomic mass is 10.1. The molecule has 2 heterocycles. The van der Waals surface area contributed by atoms with Crippen LogP contribution in [-0.2, 0) is 6.54 Å². The molecule has 2 aromatic heterocycles. The summed E-state index contributed by atoms with van der Waals surface area (Å²) in [7, 11) is 4.18. The van der Waals surface area contributed by atoms with Gasteiger partial charge in [-0.15, -0.1) is 0 Å². The predicted molar refractivity (Wildman–Crippen MR) is 91.1 cm³/mol. The molecule has 0 radical (unpaired) electrons. The molecule has 0 saturated heterocycles. The normalized spacial score (nSPS) is 11.5. The highest BCUT2D eigenvalue weighted by Gasteiger charge is 2.12. The Balaban J connectivity index is 1.98. The average molecular weight is 315 g/mol. The van der Waals surface area contributed by atoms with Crippen molar-refractivity contribution in [3.05, 3.63) is 47.7 Å². The Kier molecular flexibility index (Phi) is 4.41. The van der Waals surface area contributed by atoms with E-state index in [9.17, 15) is 0 Å². The second-order valence-corrected chi connectivity index (χ2v) is 6.06. The van der Waals surface area contributed by atoms with E-state index in [1.807, 2.05) is 42.7 Å². The third kappa shape index (κ3) is 3.13. The Morgan fingerprint density at radius 3 is 2.64 bits per heavy atom. The molecular formula is C17H19ClN4. The summed E-state index contributed by atoms with van der Waals surface area (Å²) >= 11 is 5.98. The number of aryl methyl sites for hydroxylation is 1. The molecule has 0 aliphatic carbocycles. The van der Waals surface area contributed by atoms with E-state index < -0.39 is 0 Å². The molecule has 0 aliphatic rings. The molecule has 22 heavy (non-hydrogen) atoms. The Bertz CT molecular complexity index is 762. The molecule has 4 nitrogen and oxygen atoms in total. The van der Waals surface area contributed by atoms with Crippen molar-refractivity contribution in [3.63, 3.8) is 0 Å². The second kappa shape index (κ2) is 6.46. The molecule has 0 amide bonds. The number of aromatic nitrogens is 3. The first kappa shape index (κ1) is 15.0. The number of hydrogen-bond acceptors (Lipinski definition) is 3. The van der Waals surface area contributed by atoms with Crippen molar-refractivity contribution < 1.29 is 0 Å². The molecule has 0 bridgehead atoms. The van der Waals surface area contributed by atoms with Crippen molar-refractivity contribution in [2.75, 3.05) is 20.6 Å². The molecule has 1 aromatic carbocycles. The zero-order valence-electron chi connectivity index (χ0n) is 12.8. The molecular weight excluding hydrogens is 296 g/mol. The van der Waals surface area contributed by atoms with Gasteiger partial charge in [0.05, 0.1) is 5.52 Å². The van der Waals surface area contributed by atoms with Gasteiger partial charge in [-0.3, -0.25) is 9.67 Å². The van der Waals surface area contributed by atoms with E-state index in [1.54, 1.807) is 0 Å². The summed E-state index contributed by atoms with van der Waals surface area (Å²) in [6, 6.07) is 9.81. The molecule has 0 aliphatic heterocycles. The quantitative estimate of drug-likeness (QED) is 0.720. The number of benzene rings is 1. The molecule has 0 spiro atoms. The Hall–Kier alpha value is -1.91. The van der Waals surface area contributed by atoms with E-state index in [0.717, 1.165) is 46.7 Å². The molecule has 114 valence electrons. The highest BCUT2D eigenvalue weighted by atomic mass is 35.5. The molecule has 0 fully saturated rings. The van der Waals surface area contributed by atoms with Crippen molar-refractivity contribution in [3.8, 4) is 11.3 Å². The smallest absolute Gasteiger partial charge is 0.102 e. The molecule has 0 saturated carbocycles. The first-order valence-electron chi connectivity index (χ1n) is 7.36. The summed E-state index contributed by atoms with van der Waals surface area (Å²) in [5, 5.41) is 6.61. The van der Waals surface area contributed by atoms with Crippen LogP contribution in [0.25, 0.3) is 22.2 Å². The fraction of sp³-hybridized carbons (Fsp3) is 0.294. The van der Waals surface area contributed by atoms with Gasteiger partial charge in [0.15, 0.2) is 0 Å². The van der Waals surface area contributed by atoms with Crippen molar-refractivity contribution in [1.29, 1.82) is 0 Å². The number of pyridine rings is 1. The monoisotopic (exact) mass is 314 g/mol. The number of nitrogens with zero attached hydrogens (tertiary/aromatic N) is 4. The number of fused-ring (bicyclic) bond motifs is 1. The van der Waals surface area contributed by atoms with Crippen LogP contribution in [0.3, 0.4) is 0 Å². The van der Waals surface area contributed by atoms with E-state index in [1.165, 1.54) is 0 Å². The van der Waals surface area contributed by atoms with Crippen LogP contribution in [0.2, 0.25) is 5.02 Å². The summed E-state index contributed by atoms with van der Waals surface area (Å²) in [6.07, 6.45) is 4.76. The van der Waals surface area contributed by atoms with Gasteiger partial charge in [-0.25, -0.2) is 0 Å². The summed E-state index contributed by atoms with van der Waals surface area (Å²) in [6.45, 7) is 1.94. The summed E-state index contributed by atoms with van der Waals surface area (Å²) in [4.78, 5) is 6.44. The topological polar surface area (TPSA) is 34.0 Å². The first-order chi connectivity index (χ1) is 10.6. The standard InChI is InChI=1S/C17H19ClN4/c1-21(2)10-3-11-22-16-8-9-19-12-15(16)17(20-22)13-4-6-14(18)7-5-13/h4-9,12H,3,10-11H2,1-2H3. The van der Waals surface area contributed by atoms with E-state index in [2.05, 4.69) is 28.7 Å². The third-order valence-electron chi connectivity index (χ3n) is 3.64. The lowest BCUT2D eigenvalue weighted by molar-refractivity contribution is 0.383. The molecule has 0 atom stereocenters. The van der Waals surface area contributed by atoms with Gasteiger partial charge in [-0.2, -0.15) is 5.10 Å². The molecule has 5 heteroatoms. The van der Waals surface area contributed by atoms with Gasteiger partial charge in [-0.1, -0.05) is 23.7 Å². The average Bonchev–Trinajstić information content (AvgIpc) is 2.87. The maximum atomic E-state index is 5.98. The van der Waals surface area contributed by atoms with Crippen LogP contribution >= 0.6 is 11.6 Å². The van der Waals surface area contributed by atoms with E-state index in [4.69, 9.17) is 16.7 Å². The minimum Gasteiger partial charge on any atom is -0.309 e. The van der Waals surface area contributed by atoms with Gasteiger partial charge in [0.25, 0.3) is 0 Å². The minimum absolute atomic E-state index is 0.733. The maximum Gasteiger partial charge on any atom is 0.102 e. The predicted octanol–water partition coefficient (Wildman–Crippen LogP) is 3.70. The van der Waals surface area contributed by atoms with Crippen molar-refractivity contribution in [1.82, 2.24) is 19.7 Å². The number of hydrogen-bond donors (Lipinski definition) is 0. The summed E-state index contributed by atoms with van der Waals surface area (Å²) in [5.74, 6) is 0. The Morgan fingerprint density at radius 2 is 1.91 bits per heavy atom. The van der Waals surface area contributed by atoms with Crippen molar-refractivity contribution >= 4 is 22.5 Å². The van der Waals surface area contributed by atoms with Gasteiger partial charge < -0.3 is 4.90 Å². The minimum atomic E-state index is 0.733. The maximum absolute atomic E-state index is 5.98. The SMILES string of the molecule is CN(C)CCCn1nc(-c2ccc(Cl)cc2)c2cnccc21. The van der Waals surface area contributed by atoms with Crippen LogP contribution in [0.5, 0.6) is 0 Å². The third-order valence-corrected chi connectivity index (χ3v) is 3.90. The van der Waals surface area contributed by atoms with Gasteiger partial charge in [0.1, 0.15) is 5.69 Å². The Labute approximate surface area is 135 Å². The van der Waals surface area contributed by atoms with Crippen molar-refractivity contribution in [2.24, 2.45) is 0 Å². The lowest BCUT2D eigenvalue weighted by Gasteiger charge is -2.09. The highest BCUT2D eigenvalue weighted by molar-refractivity contribution is 6.30. The van der Waals surface area contributed by atoms with Crippen LogP contribution in [0.15, 0.2) is 42.7 Å². The number of halogens is 1. The van der Waals surface area contributed by atoms with Crippen LogP contribution < -0.4 is 0 Å². The van der Waals surface area contributed by atoms with Crippen LogP contribution in [0.1, 0.15) is 6.42 Å². The lowest BCUT2D eigenvalue weighted by Crippen LogP contribution is -2.15. The summed E-state index contributed by atoms with van der Waals surface area (Å²) in [5.41, 5.74) is 3.15. The largest absolute Gasteiger partial charge is 0.309 e. The van der Waals surface area contributed by atoms with E-state index >= 15 is 0 Å². The van der Waals surface area contributed by atoms with Crippen molar-refractivity contribution in [2.45, 2.75) is 13.0 Å². The fourth-order valence-electron chi connectivity index (χ4n) is 2.55. The molecule has 0 N–H and O–H groups in total. The molecule has 0 unspecified atom stereocenters. The zero-order valence-corrected chi connectivity index (χ0v) is 13.6. The molecule has 3 aromatic rings.